The zero-order chi connectivity index (χ0) is 16.9. The Balaban J connectivity index is 1.42. The van der Waals surface area contributed by atoms with Crippen molar-refractivity contribution in [2.45, 2.75) is 44.4 Å². The van der Waals surface area contributed by atoms with Crippen LogP contribution in [0.1, 0.15) is 48.4 Å². The summed E-state index contributed by atoms with van der Waals surface area (Å²) in [5.41, 5.74) is 0.608. The number of nitrogens with zero attached hydrogens (tertiary/aromatic N) is 1. The molecule has 0 saturated carbocycles. The van der Waals surface area contributed by atoms with Gasteiger partial charge in [0.25, 0.3) is 5.91 Å². The van der Waals surface area contributed by atoms with Crippen LogP contribution in [0.4, 0.5) is 0 Å². The number of amides is 1. The first-order chi connectivity index (χ1) is 11.6. The number of carbonyl (C=O) groups is 1. The monoisotopic (exact) mass is 332 g/mol. The molecule has 3 rings (SSSR count). The highest BCUT2D eigenvalue weighted by molar-refractivity contribution is 5.93. The molecule has 1 saturated heterocycles. The van der Waals surface area contributed by atoms with E-state index in [1.54, 1.807) is 24.5 Å². The van der Waals surface area contributed by atoms with E-state index in [0.29, 0.717) is 23.8 Å². The van der Waals surface area contributed by atoms with E-state index in [1.807, 2.05) is 4.90 Å². The molecule has 2 N–H and O–H groups in total. The summed E-state index contributed by atoms with van der Waals surface area (Å²) in [5.74, 6) is 0.632. The summed E-state index contributed by atoms with van der Waals surface area (Å²) in [4.78, 5) is 14.1. The van der Waals surface area contributed by atoms with Gasteiger partial charge >= 0.3 is 0 Å². The molecule has 0 radical (unpaired) electrons. The maximum atomic E-state index is 12.3. The molecule has 1 fully saturated rings. The first-order valence-electron chi connectivity index (χ1n) is 8.42. The lowest BCUT2D eigenvalue weighted by atomic mass is 10.0. The Morgan fingerprint density at radius 3 is 2.79 bits per heavy atom. The molecule has 2 atom stereocenters. The molecule has 6 nitrogen and oxygen atoms in total. The van der Waals surface area contributed by atoms with Gasteiger partial charge in [0.2, 0.25) is 0 Å². The van der Waals surface area contributed by atoms with Crippen LogP contribution in [0.3, 0.4) is 0 Å². The van der Waals surface area contributed by atoms with E-state index in [4.69, 9.17) is 8.83 Å². The highest BCUT2D eigenvalue weighted by Crippen LogP contribution is 2.20. The predicted molar refractivity (Wildman–Crippen MR) is 88.5 cm³/mol. The summed E-state index contributed by atoms with van der Waals surface area (Å²) in [6.07, 6.45) is 6.41. The molecule has 1 aliphatic heterocycles. The fourth-order valence-corrected chi connectivity index (χ4v) is 3.22. The molecule has 0 aliphatic carbocycles. The van der Waals surface area contributed by atoms with E-state index in [-0.39, 0.29) is 11.9 Å². The molecule has 1 amide bonds. The molecule has 1 aliphatic rings. The standard InChI is InChI=1S/C18H24N2O4/c1-13(11-16(21)17-3-2-9-24-17)19-15-4-7-20(8-5-15)18(22)14-6-10-23-12-14/h2-3,6,9-10,12-13,15-16,19,21H,4-5,7-8,11H2,1H3. The van der Waals surface area contributed by atoms with Gasteiger partial charge in [-0.3, -0.25) is 4.79 Å². The van der Waals surface area contributed by atoms with E-state index in [0.717, 1.165) is 25.9 Å². The van der Waals surface area contributed by atoms with Gasteiger partial charge in [-0.05, 0) is 44.4 Å². The highest BCUT2D eigenvalue weighted by Gasteiger charge is 2.25. The average molecular weight is 332 g/mol. The number of likely N-dealkylation sites (tertiary alicyclic amines) is 1. The minimum absolute atomic E-state index is 0.0310. The minimum atomic E-state index is -0.592. The fraction of sp³-hybridized carbons (Fsp3) is 0.500. The second kappa shape index (κ2) is 7.68. The Bertz CT molecular complexity index is 616. The molecule has 2 aromatic heterocycles. The van der Waals surface area contributed by atoms with E-state index < -0.39 is 6.10 Å². The lowest BCUT2D eigenvalue weighted by Gasteiger charge is -2.34. The maximum absolute atomic E-state index is 12.3. The van der Waals surface area contributed by atoms with Crippen LogP contribution in [0.25, 0.3) is 0 Å². The summed E-state index contributed by atoms with van der Waals surface area (Å²) in [5, 5.41) is 13.7. The van der Waals surface area contributed by atoms with Crippen LogP contribution >= 0.6 is 0 Å². The molecule has 0 spiro atoms. The van der Waals surface area contributed by atoms with Gasteiger partial charge in [0.05, 0.1) is 18.1 Å². The third kappa shape index (κ3) is 4.07. The van der Waals surface area contributed by atoms with E-state index in [9.17, 15) is 9.90 Å². The van der Waals surface area contributed by atoms with Gasteiger partial charge in [-0.15, -0.1) is 0 Å². The number of aliphatic hydroxyl groups is 1. The van der Waals surface area contributed by atoms with Crippen molar-refractivity contribution < 1.29 is 18.7 Å². The lowest BCUT2D eigenvalue weighted by molar-refractivity contribution is 0.0696. The zero-order valence-electron chi connectivity index (χ0n) is 13.9. The predicted octanol–water partition coefficient (Wildman–Crippen LogP) is 2.58. The smallest absolute Gasteiger partial charge is 0.257 e. The van der Waals surface area contributed by atoms with Crippen LogP contribution in [-0.4, -0.2) is 41.1 Å². The lowest BCUT2D eigenvalue weighted by Crippen LogP contribution is -2.47. The Labute approximate surface area is 141 Å². The average Bonchev–Trinajstić information content (AvgIpc) is 3.28. The molecule has 0 bridgehead atoms. The number of aliphatic hydroxyl groups excluding tert-OH is 1. The summed E-state index contributed by atoms with van der Waals surface area (Å²) in [7, 11) is 0. The maximum Gasteiger partial charge on any atom is 0.257 e. The van der Waals surface area contributed by atoms with Crippen LogP contribution in [-0.2, 0) is 0 Å². The molecule has 6 heteroatoms. The number of nitrogens with one attached hydrogen (secondary N) is 1. The highest BCUT2D eigenvalue weighted by atomic mass is 16.4. The van der Waals surface area contributed by atoms with Crippen LogP contribution in [0, 0.1) is 0 Å². The number of rotatable bonds is 6. The van der Waals surface area contributed by atoms with Crippen LogP contribution in [0.15, 0.2) is 45.8 Å². The topological polar surface area (TPSA) is 78.9 Å². The Hall–Kier alpha value is -2.05. The van der Waals surface area contributed by atoms with Crippen LogP contribution in [0.5, 0.6) is 0 Å². The molecule has 0 aromatic carbocycles. The first-order valence-corrected chi connectivity index (χ1v) is 8.42. The molecule has 3 heterocycles. The van der Waals surface area contributed by atoms with Gasteiger partial charge in [-0.25, -0.2) is 0 Å². The molecule has 130 valence electrons. The summed E-state index contributed by atoms with van der Waals surface area (Å²) in [6, 6.07) is 5.80. The third-order valence-corrected chi connectivity index (χ3v) is 4.52. The molecule has 2 aromatic rings. The van der Waals surface area contributed by atoms with Crippen LogP contribution in [0.2, 0.25) is 0 Å². The van der Waals surface area contributed by atoms with Crippen molar-refractivity contribution in [3.05, 3.63) is 48.3 Å². The van der Waals surface area contributed by atoms with Crippen molar-refractivity contribution in [1.82, 2.24) is 10.2 Å². The van der Waals surface area contributed by atoms with Crippen molar-refractivity contribution in [2.24, 2.45) is 0 Å². The van der Waals surface area contributed by atoms with E-state index in [1.165, 1.54) is 12.5 Å². The van der Waals surface area contributed by atoms with Crippen molar-refractivity contribution in [3.63, 3.8) is 0 Å². The number of carbonyl (C=O) groups excluding carboxylic acids is 1. The number of furan rings is 2. The second-order valence-electron chi connectivity index (χ2n) is 6.41. The van der Waals surface area contributed by atoms with Crippen LogP contribution < -0.4 is 5.32 Å². The second-order valence-corrected chi connectivity index (χ2v) is 6.41. The summed E-state index contributed by atoms with van der Waals surface area (Å²) in [6.45, 7) is 3.53. The first kappa shape index (κ1) is 16.8. The van der Waals surface area contributed by atoms with Gasteiger partial charge in [0.15, 0.2) is 0 Å². The quantitative estimate of drug-likeness (QED) is 0.850. The molecular weight excluding hydrogens is 308 g/mol. The minimum Gasteiger partial charge on any atom is -0.472 e. The normalized spacial score (nSPS) is 18.5. The van der Waals surface area contributed by atoms with Crippen molar-refractivity contribution >= 4 is 5.91 Å². The Kier molecular flexibility index (Phi) is 5.37. The van der Waals surface area contributed by atoms with Crippen molar-refractivity contribution in [1.29, 1.82) is 0 Å². The van der Waals surface area contributed by atoms with Crippen molar-refractivity contribution in [2.75, 3.05) is 13.1 Å². The third-order valence-electron chi connectivity index (χ3n) is 4.52. The van der Waals surface area contributed by atoms with E-state index in [2.05, 4.69) is 12.2 Å². The number of piperidine rings is 1. The molecule has 24 heavy (non-hydrogen) atoms. The zero-order valence-corrected chi connectivity index (χ0v) is 13.9. The number of hydrogen-bond acceptors (Lipinski definition) is 5. The Morgan fingerprint density at radius 1 is 1.38 bits per heavy atom. The summed E-state index contributed by atoms with van der Waals surface area (Å²) >= 11 is 0. The summed E-state index contributed by atoms with van der Waals surface area (Å²) < 4.78 is 10.2. The van der Waals surface area contributed by atoms with Crippen molar-refractivity contribution in [3.8, 4) is 0 Å². The number of hydrogen-bond donors (Lipinski definition) is 2. The molecular formula is C18H24N2O4. The SMILES string of the molecule is CC(CC(O)c1ccco1)NC1CCN(C(=O)c2ccoc2)CC1. The Morgan fingerprint density at radius 2 is 2.17 bits per heavy atom. The van der Waals surface area contributed by atoms with Gasteiger partial charge < -0.3 is 24.2 Å². The van der Waals surface area contributed by atoms with Gasteiger partial charge in [-0.1, -0.05) is 0 Å². The van der Waals surface area contributed by atoms with Gasteiger partial charge in [-0.2, -0.15) is 0 Å². The van der Waals surface area contributed by atoms with E-state index >= 15 is 0 Å². The largest absolute Gasteiger partial charge is 0.472 e. The van der Waals surface area contributed by atoms with Gasteiger partial charge in [0.1, 0.15) is 18.1 Å². The van der Waals surface area contributed by atoms with Gasteiger partial charge in [0, 0.05) is 25.2 Å². The fourth-order valence-electron chi connectivity index (χ4n) is 3.22. The molecule has 2 unspecified atom stereocenters.